The van der Waals surface area contributed by atoms with Crippen LogP contribution in [0.4, 0.5) is 0 Å². The molecule has 0 unspecified atom stereocenters. The summed E-state index contributed by atoms with van der Waals surface area (Å²) >= 11 is 0. The van der Waals surface area contributed by atoms with E-state index in [9.17, 15) is 0 Å². The molecule has 0 saturated carbocycles. The van der Waals surface area contributed by atoms with E-state index in [0.717, 1.165) is 61.6 Å². The molecule has 0 radical (unpaired) electrons. The summed E-state index contributed by atoms with van der Waals surface area (Å²) in [6.07, 6.45) is 0. The fourth-order valence-corrected chi connectivity index (χ4v) is 8.41. The number of para-hydroxylation sites is 3. The average Bonchev–Trinajstić information content (AvgIpc) is 3.92. The molecule has 3 aromatic heterocycles. The molecule has 4 nitrogen and oxygen atoms in total. The zero-order chi connectivity index (χ0) is 36.3. The van der Waals surface area contributed by atoms with Crippen LogP contribution in [0, 0.1) is 0 Å². The second kappa shape index (κ2) is 12.6. The third-order valence-electron chi connectivity index (χ3n) is 10.8. The maximum atomic E-state index is 5.56. The highest BCUT2D eigenvalue weighted by Gasteiger charge is 2.27. The van der Waals surface area contributed by atoms with E-state index in [1.165, 1.54) is 33.0 Å². The summed E-state index contributed by atoms with van der Waals surface area (Å²) in [6, 6.07) is 73.7. The van der Waals surface area contributed by atoms with E-state index in [2.05, 4.69) is 220 Å². The van der Waals surface area contributed by atoms with E-state index in [4.69, 9.17) is 4.98 Å². The first-order chi connectivity index (χ1) is 27.3. The number of hydrogen-bond acceptors (Lipinski definition) is 1. The zero-order valence-electron chi connectivity index (χ0n) is 29.9. The largest absolute Gasteiger partial charge is 0.307 e. The Hall–Kier alpha value is -7.43. The Kier molecular flexibility index (Phi) is 7.14. The minimum atomic E-state index is 0.909. The molecule has 0 fully saturated rings. The molecule has 0 aliphatic heterocycles. The predicted octanol–water partition coefficient (Wildman–Crippen LogP) is 13.1. The standard InChI is InChI=1S/C51H34N4/c1-6-18-35(19-7-1)38-32-39(36-20-8-2-9-21-36)34-42(33-38)53-46-29-17-16-28-43(46)44-30-31-45-48(47(44)53)54(40-24-12-4-13-25-40)51-49(45)55(41-26-14-5-15-27-41)50(52-51)37-22-10-3-11-23-37/h1-34H. The molecule has 0 bridgehead atoms. The van der Waals surface area contributed by atoms with Crippen LogP contribution in [0.2, 0.25) is 0 Å². The second-order valence-electron chi connectivity index (χ2n) is 14.0. The minimum Gasteiger partial charge on any atom is -0.307 e. The maximum Gasteiger partial charge on any atom is 0.165 e. The van der Waals surface area contributed by atoms with Crippen LogP contribution in [0.3, 0.4) is 0 Å². The van der Waals surface area contributed by atoms with Crippen molar-refractivity contribution in [3.05, 3.63) is 206 Å². The van der Waals surface area contributed by atoms with Crippen molar-refractivity contribution >= 4 is 43.9 Å². The van der Waals surface area contributed by atoms with Gasteiger partial charge in [-0.25, -0.2) is 4.98 Å². The lowest BCUT2D eigenvalue weighted by Crippen LogP contribution is -2.00. The highest BCUT2D eigenvalue weighted by molar-refractivity contribution is 6.23. The molecule has 3 heterocycles. The van der Waals surface area contributed by atoms with Crippen LogP contribution in [-0.2, 0) is 0 Å². The maximum absolute atomic E-state index is 5.56. The van der Waals surface area contributed by atoms with Crippen molar-refractivity contribution in [1.82, 2.24) is 18.7 Å². The Bertz CT molecular complexity index is 3100. The molecule has 8 aromatic carbocycles. The lowest BCUT2D eigenvalue weighted by atomic mass is 9.98. The SMILES string of the molecule is c1ccc(-c2cc(-c3ccccc3)cc(-n3c4ccccc4c4ccc5c6c(nc(-c7ccccc7)n6-c6ccccc6)n(-c6ccccc6)c5c43)c2)cc1. The topological polar surface area (TPSA) is 27.7 Å². The van der Waals surface area contributed by atoms with Crippen molar-refractivity contribution < 1.29 is 0 Å². The first-order valence-corrected chi connectivity index (χ1v) is 18.7. The van der Waals surface area contributed by atoms with E-state index in [-0.39, 0.29) is 0 Å². The molecule has 11 rings (SSSR count). The van der Waals surface area contributed by atoms with Gasteiger partial charge in [0.25, 0.3) is 0 Å². The first-order valence-electron chi connectivity index (χ1n) is 18.7. The lowest BCUT2D eigenvalue weighted by molar-refractivity contribution is 1.09. The Morgan fingerprint density at radius 1 is 0.291 bits per heavy atom. The monoisotopic (exact) mass is 702 g/mol. The molecule has 11 aromatic rings. The fourth-order valence-electron chi connectivity index (χ4n) is 8.41. The van der Waals surface area contributed by atoms with Crippen molar-refractivity contribution in [3.8, 4) is 50.7 Å². The number of rotatable bonds is 6. The van der Waals surface area contributed by atoms with E-state index >= 15 is 0 Å². The van der Waals surface area contributed by atoms with Gasteiger partial charge in [0.1, 0.15) is 11.3 Å². The molecule has 55 heavy (non-hydrogen) atoms. The van der Waals surface area contributed by atoms with Crippen LogP contribution in [0.5, 0.6) is 0 Å². The highest BCUT2D eigenvalue weighted by atomic mass is 15.2. The molecular formula is C51H34N4. The second-order valence-corrected chi connectivity index (χ2v) is 14.0. The van der Waals surface area contributed by atoms with E-state index in [1.807, 2.05) is 0 Å². The molecule has 0 saturated heterocycles. The van der Waals surface area contributed by atoms with Gasteiger partial charge in [-0.15, -0.1) is 0 Å². The molecule has 0 atom stereocenters. The van der Waals surface area contributed by atoms with Gasteiger partial charge in [-0.3, -0.25) is 9.13 Å². The van der Waals surface area contributed by atoms with Gasteiger partial charge in [-0.05, 0) is 76.9 Å². The molecule has 0 aliphatic rings. The minimum absolute atomic E-state index is 0.909. The van der Waals surface area contributed by atoms with Crippen molar-refractivity contribution in [3.63, 3.8) is 0 Å². The number of nitrogens with zero attached hydrogens (tertiary/aromatic N) is 4. The number of hydrogen-bond donors (Lipinski definition) is 0. The van der Waals surface area contributed by atoms with E-state index in [0.29, 0.717) is 0 Å². The summed E-state index contributed by atoms with van der Waals surface area (Å²) < 4.78 is 7.21. The number of aromatic nitrogens is 4. The number of benzene rings is 8. The Labute approximate surface area is 318 Å². The molecular weight excluding hydrogens is 669 g/mol. The summed E-state index contributed by atoms with van der Waals surface area (Å²) in [5.41, 5.74) is 14.4. The van der Waals surface area contributed by atoms with Gasteiger partial charge >= 0.3 is 0 Å². The summed E-state index contributed by atoms with van der Waals surface area (Å²) in [5, 5.41) is 3.54. The van der Waals surface area contributed by atoms with Crippen LogP contribution in [0.15, 0.2) is 206 Å². The molecule has 0 N–H and O–H groups in total. The Morgan fingerprint density at radius 3 is 1.36 bits per heavy atom. The van der Waals surface area contributed by atoms with Gasteiger partial charge in [0.2, 0.25) is 0 Å². The van der Waals surface area contributed by atoms with Crippen molar-refractivity contribution in [2.24, 2.45) is 0 Å². The first kappa shape index (κ1) is 31.1. The van der Waals surface area contributed by atoms with Gasteiger partial charge in [0.05, 0.1) is 16.6 Å². The Balaban J connectivity index is 1.33. The Morgan fingerprint density at radius 2 is 0.764 bits per heavy atom. The van der Waals surface area contributed by atoms with Crippen LogP contribution in [0.25, 0.3) is 94.6 Å². The molecule has 0 aliphatic carbocycles. The number of fused-ring (bicyclic) bond motifs is 7. The summed E-state index contributed by atoms with van der Waals surface area (Å²) in [5.74, 6) is 0.909. The summed E-state index contributed by atoms with van der Waals surface area (Å²) in [4.78, 5) is 5.56. The summed E-state index contributed by atoms with van der Waals surface area (Å²) in [6.45, 7) is 0. The fraction of sp³-hybridized carbons (Fsp3) is 0. The van der Waals surface area contributed by atoms with E-state index < -0.39 is 0 Å². The predicted molar refractivity (Wildman–Crippen MR) is 229 cm³/mol. The zero-order valence-corrected chi connectivity index (χ0v) is 29.9. The quantitative estimate of drug-likeness (QED) is 0.169. The smallest absolute Gasteiger partial charge is 0.165 e. The summed E-state index contributed by atoms with van der Waals surface area (Å²) in [7, 11) is 0. The van der Waals surface area contributed by atoms with E-state index in [1.54, 1.807) is 0 Å². The van der Waals surface area contributed by atoms with Crippen LogP contribution >= 0.6 is 0 Å². The lowest BCUT2D eigenvalue weighted by Gasteiger charge is -2.16. The molecule has 258 valence electrons. The van der Waals surface area contributed by atoms with Gasteiger partial charge in [-0.1, -0.05) is 152 Å². The van der Waals surface area contributed by atoms with Gasteiger partial charge in [-0.2, -0.15) is 0 Å². The molecule has 0 amide bonds. The third-order valence-corrected chi connectivity index (χ3v) is 10.8. The van der Waals surface area contributed by atoms with Crippen LogP contribution in [-0.4, -0.2) is 18.7 Å². The van der Waals surface area contributed by atoms with Crippen molar-refractivity contribution in [2.75, 3.05) is 0 Å². The van der Waals surface area contributed by atoms with Gasteiger partial charge in [0, 0.05) is 38.8 Å². The third kappa shape index (κ3) is 4.96. The van der Waals surface area contributed by atoms with Crippen molar-refractivity contribution in [2.45, 2.75) is 0 Å². The van der Waals surface area contributed by atoms with Crippen molar-refractivity contribution in [1.29, 1.82) is 0 Å². The van der Waals surface area contributed by atoms with Crippen LogP contribution < -0.4 is 0 Å². The van der Waals surface area contributed by atoms with Crippen LogP contribution in [0.1, 0.15) is 0 Å². The highest BCUT2D eigenvalue weighted by Crippen LogP contribution is 2.44. The molecule has 0 spiro atoms. The average molecular weight is 703 g/mol. The van der Waals surface area contributed by atoms with Gasteiger partial charge in [0.15, 0.2) is 5.65 Å². The normalized spacial score (nSPS) is 11.6. The van der Waals surface area contributed by atoms with Gasteiger partial charge < -0.3 is 4.57 Å². The molecule has 4 heteroatoms. The number of imidazole rings is 1.